The molecule has 0 saturated carbocycles. The summed E-state index contributed by atoms with van der Waals surface area (Å²) in [7, 11) is 0. The fraction of sp³-hybridized carbons (Fsp3) is 0.609. The topological polar surface area (TPSA) is 122 Å². The van der Waals surface area contributed by atoms with E-state index in [1.54, 1.807) is 19.1 Å². The number of esters is 1. The normalized spacial score (nSPS) is 21.4. The second-order valence-corrected chi connectivity index (χ2v) is 9.60. The first kappa shape index (κ1) is 30.9. The van der Waals surface area contributed by atoms with Crippen LogP contribution in [0.3, 0.4) is 0 Å². The Labute approximate surface area is 226 Å². The third-order valence-electron chi connectivity index (χ3n) is 6.23. The van der Waals surface area contributed by atoms with Crippen LogP contribution in [0.25, 0.3) is 0 Å². The van der Waals surface area contributed by atoms with E-state index in [-0.39, 0.29) is 40.6 Å². The van der Waals surface area contributed by atoms with Crippen molar-refractivity contribution in [3.8, 4) is 0 Å². The zero-order valence-electron chi connectivity index (χ0n) is 19.3. The van der Waals surface area contributed by atoms with Crippen LogP contribution in [0.2, 0.25) is 0 Å². The summed E-state index contributed by atoms with van der Waals surface area (Å²) in [5.74, 6) is -2.95. The maximum Gasteiger partial charge on any atom is 0.323 e. The summed E-state index contributed by atoms with van der Waals surface area (Å²) >= 11 is 1.31. The summed E-state index contributed by atoms with van der Waals surface area (Å²) in [6.45, 7) is 3.49. The number of nitrogens with one attached hydrogen (secondary N) is 1. The summed E-state index contributed by atoms with van der Waals surface area (Å²) < 4.78 is 5.33. The van der Waals surface area contributed by atoms with Crippen LogP contribution in [0, 0.1) is 17.8 Å². The van der Waals surface area contributed by atoms with E-state index in [9.17, 15) is 19.5 Å². The van der Waals surface area contributed by atoms with E-state index in [0.29, 0.717) is 18.0 Å². The lowest BCUT2D eigenvalue weighted by molar-refractivity contribution is -0.152. The number of benzene rings is 1. The molecule has 3 atom stereocenters. The highest BCUT2D eigenvalue weighted by Crippen LogP contribution is 2.42. The van der Waals surface area contributed by atoms with Crippen molar-refractivity contribution in [1.29, 1.82) is 0 Å². The number of carboxylic acid groups (broad SMARTS) is 1. The molecule has 2 aliphatic heterocycles. The minimum absolute atomic E-state index is 0. The van der Waals surface area contributed by atoms with Gasteiger partial charge in [-0.2, -0.15) is 0 Å². The van der Waals surface area contributed by atoms with E-state index in [1.165, 1.54) is 16.7 Å². The Hall–Kier alpha value is -1.14. The second-order valence-electron chi connectivity index (χ2n) is 8.38. The molecule has 1 unspecified atom stereocenters. The SMILES string of the molecule is Br.Br.CCOC(=O)[C@H](CCCC1CCNCC1)[C@@H]1C(=O)N(CC(=O)O)c2ccccc2SC1N. The molecule has 192 valence electrons. The molecule has 0 spiro atoms. The van der Waals surface area contributed by atoms with Crippen molar-refractivity contribution < 1.29 is 24.2 Å². The van der Waals surface area contributed by atoms with Gasteiger partial charge in [-0.1, -0.05) is 25.0 Å². The number of aliphatic carboxylic acids is 1. The Morgan fingerprint density at radius 1 is 1.26 bits per heavy atom. The highest BCUT2D eigenvalue weighted by Gasteiger charge is 2.44. The standard InChI is InChI=1S/C23H33N3O5S.2BrH/c1-2-31-23(30)16(7-5-6-15-10-12-25-13-11-15)20-21(24)32-18-9-4-3-8-17(18)26(22(20)29)14-19(27)28;;/h3-4,8-9,15-16,20-21,25H,2,5-7,10-14,24H2,1H3,(H,27,28);2*1H/t16-,20+,21?;;/m1../s1. The van der Waals surface area contributed by atoms with Crippen molar-refractivity contribution in [1.82, 2.24) is 5.32 Å². The van der Waals surface area contributed by atoms with E-state index >= 15 is 0 Å². The van der Waals surface area contributed by atoms with Crippen LogP contribution in [0.1, 0.15) is 39.0 Å². The minimum atomic E-state index is -1.12. The summed E-state index contributed by atoms with van der Waals surface area (Å²) in [6.07, 6.45) is 4.50. The number of rotatable bonds is 9. The molecule has 0 aliphatic carbocycles. The lowest BCUT2D eigenvalue weighted by Crippen LogP contribution is -2.48. The van der Waals surface area contributed by atoms with Gasteiger partial charge in [-0.05, 0) is 57.3 Å². The Balaban J connectivity index is 0.00000289. The quantitative estimate of drug-likeness (QED) is 0.356. The third kappa shape index (κ3) is 7.94. The predicted molar refractivity (Wildman–Crippen MR) is 144 cm³/mol. The van der Waals surface area contributed by atoms with Crippen LogP contribution in [0.4, 0.5) is 5.69 Å². The number of thioether (sulfide) groups is 1. The molecule has 1 fully saturated rings. The van der Waals surface area contributed by atoms with E-state index in [1.807, 2.05) is 12.1 Å². The van der Waals surface area contributed by atoms with Gasteiger partial charge < -0.3 is 20.9 Å². The molecule has 2 heterocycles. The highest BCUT2D eigenvalue weighted by atomic mass is 79.9. The molecule has 0 aromatic heterocycles. The smallest absolute Gasteiger partial charge is 0.323 e. The summed E-state index contributed by atoms with van der Waals surface area (Å²) in [5.41, 5.74) is 6.99. The zero-order chi connectivity index (χ0) is 23.1. The minimum Gasteiger partial charge on any atom is -0.480 e. The number of carbonyl (C=O) groups is 3. The fourth-order valence-electron chi connectivity index (χ4n) is 4.63. The van der Waals surface area contributed by atoms with Crippen LogP contribution < -0.4 is 16.0 Å². The number of piperidine rings is 1. The monoisotopic (exact) mass is 623 g/mol. The summed E-state index contributed by atoms with van der Waals surface area (Å²) in [4.78, 5) is 40.1. The van der Waals surface area contributed by atoms with E-state index < -0.39 is 41.6 Å². The van der Waals surface area contributed by atoms with Gasteiger partial charge in [0.1, 0.15) is 6.54 Å². The number of carboxylic acids is 1. The number of anilines is 1. The number of amides is 1. The number of nitrogens with zero attached hydrogens (tertiary/aromatic N) is 1. The number of nitrogens with two attached hydrogens (primary N) is 1. The largest absolute Gasteiger partial charge is 0.480 e. The maximum atomic E-state index is 13.6. The summed E-state index contributed by atoms with van der Waals surface area (Å²) in [5, 5.41) is 12.1. The molecule has 1 amide bonds. The van der Waals surface area contributed by atoms with Crippen molar-refractivity contribution in [3.05, 3.63) is 24.3 Å². The number of hydrogen-bond acceptors (Lipinski definition) is 7. The number of carbonyl (C=O) groups excluding carboxylic acids is 2. The van der Waals surface area contributed by atoms with Gasteiger partial charge in [-0.3, -0.25) is 19.3 Å². The van der Waals surface area contributed by atoms with E-state index in [2.05, 4.69) is 5.32 Å². The number of halogens is 2. The van der Waals surface area contributed by atoms with Crippen LogP contribution in [-0.4, -0.2) is 54.6 Å². The zero-order valence-corrected chi connectivity index (χ0v) is 23.6. The number of fused-ring (bicyclic) bond motifs is 1. The highest BCUT2D eigenvalue weighted by molar-refractivity contribution is 8.93. The van der Waals surface area contributed by atoms with Gasteiger partial charge in [0, 0.05) is 4.90 Å². The first-order chi connectivity index (χ1) is 15.4. The van der Waals surface area contributed by atoms with Crippen molar-refractivity contribution >= 4 is 69.3 Å². The molecule has 4 N–H and O–H groups in total. The molecule has 34 heavy (non-hydrogen) atoms. The number of ether oxygens (including phenoxy) is 1. The molecule has 1 saturated heterocycles. The van der Waals surface area contributed by atoms with Crippen molar-refractivity contribution in [3.63, 3.8) is 0 Å². The van der Waals surface area contributed by atoms with Gasteiger partial charge in [0.2, 0.25) is 5.91 Å². The molecule has 2 aliphatic rings. The molecular formula is C23H35Br2N3O5S. The van der Waals surface area contributed by atoms with Gasteiger partial charge in [-0.25, -0.2) is 0 Å². The Kier molecular flexibility index (Phi) is 13.7. The van der Waals surface area contributed by atoms with Crippen LogP contribution in [0.5, 0.6) is 0 Å². The molecule has 0 bridgehead atoms. The van der Waals surface area contributed by atoms with E-state index in [0.717, 1.165) is 43.7 Å². The van der Waals surface area contributed by atoms with E-state index in [4.69, 9.17) is 10.5 Å². The lowest BCUT2D eigenvalue weighted by Gasteiger charge is -2.31. The molecule has 1 aromatic carbocycles. The molecule has 0 radical (unpaired) electrons. The Morgan fingerprint density at radius 2 is 1.94 bits per heavy atom. The fourth-order valence-corrected chi connectivity index (χ4v) is 5.83. The Morgan fingerprint density at radius 3 is 2.59 bits per heavy atom. The first-order valence-electron chi connectivity index (χ1n) is 11.3. The van der Waals surface area contributed by atoms with Gasteiger partial charge in [0.05, 0.1) is 29.5 Å². The Bertz CT molecular complexity index is 826. The first-order valence-corrected chi connectivity index (χ1v) is 12.2. The lowest BCUT2D eigenvalue weighted by atomic mass is 9.84. The van der Waals surface area contributed by atoms with Crippen LogP contribution >= 0.6 is 45.7 Å². The molecule has 3 rings (SSSR count). The number of hydrogen-bond donors (Lipinski definition) is 3. The number of para-hydroxylation sites is 1. The van der Waals surface area contributed by atoms with Crippen LogP contribution in [-0.2, 0) is 19.1 Å². The van der Waals surface area contributed by atoms with Crippen molar-refractivity contribution in [2.24, 2.45) is 23.5 Å². The summed E-state index contributed by atoms with van der Waals surface area (Å²) in [6, 6.07) is 7.12. The molecule has 11 heteroatoms. The van der Waals surface area contributed by atoms with Gasteiger partial charge in [0.25, 0.3) is 0 Å². The van der Waals surface area contributed by atoms with Crippen molar-refractivity contribution in [2.75, 3.05) is 31.1 Å². The molecule has 1 aromatic rings. The second kappa shape index (κ2) is 15.1. The van der Waals surface area contributed by atoms with Gasteiger partial charge in [0.15, 0.2) is 0 Å². The van der Waals surface area contributed by atoms with Crippen molar-refractivity contribution in [2.45, 2.75) is 49.3 Å². The maximum absolute atomic E-state index is 13.6. The average Bonchev–Trinajstić information content (AvgIpc) is 2.86. The molecular weight excluding hydrogens is 590 g/mol. The van der Waals surface area contributed by atoms with Crippen LogP contribution in [0.15, 0.2) is 29.2 Å². The van der Waals surface area contributed by atoms with Gasteiger partial charge in [-0.15, -0.1) is 45.7 Å². The average molecular weight is 625 g/mol. The van der Waals surface area contributed by atoms with Gasteiger partial charge >= 0.3 is 11.9 Å². The predicted octanol–water partition coefficient (Wildman–Crippen LogP) is 3.62. The third-order valence-corrected chi connectivity index (χ3v) is 7.39. The molecule has 8 nitrogen and oxygen atoms in total.